The Morgan fingerprint density at radius 1 is 1.39 bits per heavy atom. The van der Waals surface area contributed by atoms with Gasteiger partial charge in [0.15, 0.2) is 5.13 Å². The van der Waals surface area contributed by atoms with Crippen molar-refractivity contribution >= 4 is 22.4 Å². The number of amides is 1. The topological polar surface area (TPSA) is 45.2 Å². The Morgan fingerprint density at radius 3 is 2.91 bits per heavy atom. The van der Waals surface area contributed by atoms with E-state index < -0.39 is 0 Å². The zero-order chi connectivity index (χ0) is 16.4. The fourth-order valence-corrected chi connectivity index (χ4v) is 4.09. The second kappa shape index (κ2) is 6.71. The summed E-state index contributed by atoms with van der Waals surface area (Å²) in [7, 11) is 1.83. The lowest BCUT2D eigenvalue weighted by Gasteiger charge is -2.33. The smallest absolute Gasteiger partial charge is 0.265 e. The molecule has 1 atom stereocenters. The summed E-state index contributed by atoms with van der Waals surface area (Å²) in [4.78, 5) is 20.0. The molecular weight excluding hydrogens is 306 g/mol. The highest BCUT2D eigenvalue weighted by molar-refractivity contribution is 7.17. The Bertz CT molecular complexity index is 710. The van der Waals surface area contributed by atoms with E-state index in [1.807, 2.05) is 18.9 Å². The van der Waals surface area contributed by atoms with Crippen LogP contribution in [0.1, 0.15) is 45.3 Å². The number of nitrogens with zero attached hydrogens (tertiary/aromatic N) is 2. The molecule has 5 heteroatoms. The summed E-state index contributed by atoms with van der Waals surface area (Å²) in [5.74, 6) is 0.559. The van der Waals surface area contributed by atoms with Gasteiger partial charge in [0.1, 0.15) is 4.88 Å². The minimum Gasteiger partial charge on any atom is -0.365 e. The number of nitrogens with one attached hydrogen (secondary N) is 1. The van der Waals surface area contributed by atoms with Crippen LogP contribution in [0.3, 0.4) is 0 Å². The van der Waals surface area contributed by atoms with Crippen LogP contribution in [0.5, 0.6) is 0 Å². The van der Waals surface area contributed by atoms with Gasteiger partial charge in [-0.05, 0) is 32.3 Å². The van der Waals surface area contributed by atoms with E-state index in [2.05, 4.69) is 41.5 Å². The number of thiazole rings is 1. The van der Waals surface area contributed by atoms with Crippen molar-refractivity contribution in [2.75, 3.05) is 25.5 Å². The van der Waals surface area contributed by atoms with Crippen LogP contribution in [-0.4, -0.2) is 35.9 Å². The number of carbonyl (C=O) groups is 1. The molecule has 1 aliphatic rings. The molecule has 0 unspecified atom stereocenters. The van der Waals surface area contributed by atoms with Gasteiger partial charge in [-0.15, -0.1) is 0 Å². The van der Waals surface area contributed by atoms with Gasteiger partial charge < -0.3 is 10.2 Å². The van der Waals surface area contributed by atoms with Gasteiger partial charge in [0, 0.05) is 26.1 Å². The van der Waals surface area contributed by atoms with E-state index in [0.717, 1.165) is 41.6 Å². The van der Waals surface area contributed by atoms with E-state index in [1.165, 1.54) is 22.5 Å². The molecule has 0 radical (unpaired) electrons. The van der Waals surface area contributed by atoms with Crippen molar-refractivity contribution in [3.05, 3.63) is 46.0 Å². The van der Waals surface area contributed by atoms with Crippen molar-refractivity contribution in [1.29, 1.82) is 0 Å². The molecule has 0 bridgehead atoms. The van der Waals surface area contributed by atoms with Gasteiger partial charge in [0.05, 0.1) is 5.69 Å². The Morgan fingerprint density at radius 2 is 2.22 bits per heavy atom. The summed E-state index contributed by atoms with van der Waals surface area (Å²) in [5, 5.41) is 3.83. The molecule has 23 heavy (non-hydrogen) atoms. The lowest BCUT2D eigenvalue weighted by atomic mass is 9.90. The lowest BCUT2D eigenvalue weighted by Crippen LogP contribution is -2.39. The van der Waals surface area contributed by atoms with Gasteiger partial charge in [-0.25, -0.2) is 4.98 Å². The number of likely N-dealkylation sites (tertiary alicyclic amines) is 1. The van der Waals surface area contributed by atoms with Crippen LogP contribution in [-0.2, 0) is 0 Å². The number of hydrogen-bond donors (Lipinski definition) is 1. The highest BCUT2D eigenvalue weighted by Gasteiger charge is 2.27. The van der Waals surface area contributed by atoms with E-state index in [4.69, 9.17) is 0 Å². The molecule has 4 nitrogen and oxygen atoms in total. The van der Waals surface area contributed by atoms with Crippen LogP contribution >= 0.6 is 11.3 Å². The number of carbonyl (C=O) groups excluding carboxylic acids is 1. The first-order valence-corrected chi connectivity index (χ1v) is 8.91. The molecule has 1 amide bonds. The van der Waals surface area contributed by atoms with Crippen LogP contribution in [0, 0.1) is 13.8 Å². The van der Waals surface area contributed by atoms with Crippen LogP contribution in [0.25, 0.3) is 0 Å². The van der Waals surface area contributed by atoms with Gasteiger partial charge in [-0.1, -0.05) is 41.2 Å². The van der Waals surface area contributed by atoms with E-state index in [-0.39, 0.29) is 5.91 Å². The van der Waals surface area contributed by atoms with Crippen molar-refractivity contribution in [2.45, 2.75) is 32.6 Å². The average Bonchev–Trinajstić information content (AvgIpc) is 2.95. The van der Waals surface area contributed by atoms with Gasteiger partial charge in [0.25, 0.3) is 5.91 Å². The molecule has 1 aliphatic heterocycles. The molecule has 0 aliphatic carbocycles. The number of piperidine rings is 1. The number of benzene rings is 1. The number of anilines is 1. The summed E-state index contributed by atoms with van der Waals surface area (Å²) in [6.45, 7) is 5.67. The molecule has 1 fully saturated rings. The highest BCUT2D eigenvalue weighted by atomic mass is 32.1. The Hall–Kier alpha value is -1.88. The molecule has 1 aromatic heterocycles. The molecule has 122 valence electrons. The van der Waals surface area contributed by atoms with E-state index in [9.17, 15) is 4.79 Å². The summed E-state index contributed by atoms with van der Waals surface area (Å²) in [6, 6.07) is 8.66. The standard InChI is InChI=1S/C18H23N3OS/c1-12-6-4-7-14(10-12)15-8-5-9-21(11-15)17(22)16-13(2)20-18(19-3)23-16/h4,6-7,10,15H,5,8-9,11H2,1-3H3,(H,19,20)/t15-/m1/s1. The highest BCUT2D eigenvalue weighted by Crippen LogP contribution is 2.30. The molecule has 0 spiro atoms. The third-order valence-electron chi connectivity index (χ3n) is 4.43. The van der Waals surface area contributed by atoms with Gasteiger partial charge >= 0.3 is 0 Å². The maximum atomic E-state index is 12.9. The lowest BCUT2D eigenvalue weighted by molar-refractivity contribution is 0.0711. The number of aryl methyl sites for hydroxylation is 2. The summed E-state index contributed by atoms with van der Waals surface area (Å²) in [5.41, 5.74) is 3.45. The maximum Gasteiger partial charge on any atom is 0.265 e. The average molecular weight is 329 g/mol. The van der Waals surface area contributed by atoms with E-state index in [0.29, 0.717) is 5.92 Å². The summed E-state index contributed by atoms with van der Waals surface area (Å²) in [6.07, 6.45) is 2.21. The SMILES string of the molecule is CNc1nc(C)c(C(=O)N2CCC[C@@H](c3cccc(C)c3)C2)s1. The fraction of sp³-hybridized carbons (Fsp3) is 0.444. The Balaban J connectivity index is 1.77. The predicted molar refractivity (Wildman–Crippen MR) is 95.5 cm³/mol. The maximum absolute atomic E-state index is 12.9. The molecule has 2 aromatic rings. The van der Waals surface area contributed by atoms with Crippen molar-refractivity contribution in [1.82, 2.24) is 9.88 Å². The molecule has 3 rings (SSSR count). The molecule has 1 aromatic carbocycles. The minimum atomic E-state index is 0.124. The van der Waals surface area contributed by atoms with Crippen LogP contribution < -0.4 is 5.32 Å². The van der Waals surface area contributed by atoms with Crippen LogP contribution in [0.15, 0.2) is 24.3 Å². The first-order valence-electron chi connectivity index (χ1n) is 8.09. The third kappa shape index (κ3) is 3.39. The number of hydrogen-bond acceptors (Lipinski definition) is 4. The quantitative estimate of drug-likeness (QED) is 0.931. The van der Waals surface area contributed by atoms with Crippen LogP contribution in [0.2, 0.25) is 0 Å². The predicted octanol–water partition coefficient (Wildman–Crippen LogP) is 3.82. The fourth-order valence-electron chi connectivity index (χ4n) is 3.20. The molecule has 1 N–H and O–H groups in total. The van der Waals surface area contributed by atoms with Gasteiger partial charge in [0.2, 0.25) is 0 Å². The summed E-state index contributed by atoms with van der Waals surface area (Å²) < 4.78 is 0. The first-order chi connectivity index (χ1) is 11.1. The van der Waals surface area contributed by atoms with Gasteiger partial charge in [-0.2, -0.15) is 0 Å². The number of aromatic nitrogens is 1. The molecular formula is C18H23N3OS. The second-order valence-electron chi connectivity index (χ2n) is 6.19. The van der Waals surface area contributed by atoms with E-state index >= 15 is 0 Å². The largest absolute Gasteiger partial charge is 0.365 e. The Kier molecular flexibility index (Phi) is 4.66. The van der Waals surface area contributed by atoms with Crippen molar-refractivity contribution in [3.8, 4) is 0 Å². The van der Waals surface area contributed by atoms with Crippen molar-refractivity contribution in [2.24, 2.45) is 0 Å². The Labute approximate surface area is 141 Å². The molecule has 1 saturated heterocycles. The summed E-state index contributed by atoms with van der Waals surface area (Å²) >= 11 is 1.45. The van der Waals surface area contributed by atoms with E-state index in [1.54, 1.807) is 0 Å². The normalized spacial score (nSPS) is 18.0. The van der Waals surface area contributed by atoms with Crippen molar-refractivity contribution in [3.63, 3.8) is 0 Å². The number of rotatable bonds is 3. The molecule has 2 heterocycles. The zero-order valence-electron chi connectivity index (χ0n) is 13.9. The van der Waals surface area contributed by atoms with Crippen molar-refractivity contribution < 1.29 is 4.79 Å². The zero-order valence-corrected chi connectivity index (χ0v) is 14.7. The third-order valence-corrected chi connectivity index (χ3v) is 5.59. The first kappa shape index (κ1) is 16.0. The van der Waals surface area contributed by atoms with Gasteiger partial charge in [-0.3, -0.25) is 4.79 Å². The monoisotopic (exact) mass is 329 g/mol. The molecule has 0 saturated carbocycles. The minimum absolute atomic E-state index is 0.124. The van der Waals surface area contributed by atoms with Crippen LogP contribution in [0.4, 0.5) is 5.13 Å². The second-order valence-corrected chi connectivity index (χ2v) is 7.19.